The van der Waals surface area contributed by atoms with Gasteiger partial charge in [0.2, 0.25) is 5.91 Å². The largest absolute Gasteiger partial charge is 0.496 e. The molecule has 1 aromatic rings. The fourth-order valence-electron chi connectivity index (χ4n) is 1.14. The van der Waals surface area contributed by atoms with E-state index in [2.05, 4.69) is 21.4 Å². The number of primary amides is 1. The van der Waals surface area contributed by atoms with Crippen LogP contribution in [0.2, 0.25) is 0 Å². The van der Waals surface area contributed by atoms with Crippen molar-refractivity contribution < 1.29 is 14.4 Å². The van der Waals surface area contributed by atoms with Crippen LogP contribution in [0.25, 0.3) is 0 Å². The van der Waals surface area contributed by atoms with Crippen molar-refractivity contribution in [1.29, 1.82) is 0 Å². The molecule has 0 saturated carbocycles. The maximum absolute atomic E-state index is 10.4. The second kappa shape index (κ2) is 6.47. The highest BCUT2D eigenvalue weighted by molar-refractivity contribution is 9.10. The first-order valence-electron chi connectivity index (χ1n) is 4.59. The van der Waals surface area contributed by atoms with Crippen molar-refractivity contribution in [1.82, 2.24) is 5.48 Å². The standard InChI is InChI=1S/C10H13BrN2O3/c1-15-9-3-2-8(11)4-7(9)5-13-16-6-10(12)14/h2-4,13H,5-6H2,1H3,(H2,12,14). The van der Waals surface area contributed by atoms with Crippen molar-refractivity contribution in [2.24, 2.45) is 5.73 Å². The Labute approximate surface area is 102 Å². The molecule has 1 amide bonds. The van der Waals surface area contributed by atoms with Crippen LogP contribution in [0.4, 0.5) is 0 Å². The molecule has 0 aromatic heterocycles. The number of methoxy groups -OCH3 is 1. The molecule has 1 aromatic carbocycles. The first-order chi connectivity index (χ1) is 7.63. The summed E-state index contributed by atoms with van der Waals surface area (Å²) < 4.78 is 6.11. The number of amides is 1. The Morgan fingerprint density at radius 2 is 2.31 bits per heavy atom. The van der Waals surface area contributed by atoms with E-state index in [1.165, 1.54) is 0 Å². The summed E-state index contributed by atoms with van der Waals surface area (Å²) in [5, 5.41) is 0. The highest BCUT2D eigenvalue weighted by Crippen LogP contribution is 2.22. The van der Waals surface area contributed by atoms with Crippen LogP contribution in [0.3, 0.4) is 0 Å². The van der Waals surface area contributed by atoms with Crippen molar-refractivity contribution in [2.75, 3.05) is 13.7 Å². The van der Waals surface area contributed by atoms with Gasteiger partial charge in [-0.15, -0.1) is 0 Å². The summed E-state index contributed by atoms with van der Waals surface area (Å²) in [5.74, 6) is 0.229. The van der Waals surface area contributed by atoms with Crippen LogP contribution in [0, 0.1) is 0 Å². The number of hydrogen-bond donors (Lipinski definition) is 2. The Kier molecular flexibility index (Phi) is 5.24. The van der Waals surface area contributed by atoms with Crippen molar-refractivity contribution in [3.8, 4) is 5.75 Å². The summed E-state index contributed by atoms with van der Waals surface area (Å²) in [4.78, 5) is 15.3. The first kappa shape index (κ1) is 13.0. The number of ether oxygens (including phenoxy) is 1. The maximum atomic E-state index is 10.4. The molecule has 5 nitrogen and oxygen atoms in total. The van der Waals surface area contributed by atoms with Gasteiger partial charge in [0.15, 0.2) is 0 Å². The molecular weight excluding hydrogens is 276 g/mol. The van der Waals surface area contributed by atoms with Gasteiger partial charge < -0.3 is 10.5 Å². The second-order valence-corrected chi connectivity index (χ2v) is 3.95. The molecular formula is C10H13BrN2O3. The number of rotatable bonds is 6. The third kappa shape index (κ3) is 4.18. The van der Waals surface area contributed by atoms with Gasteiger partial charge in [0.1, 0.15) is 12.4 Å². The van der Waals surface area contributed by atoms with E-state index >= 15 is 0 Å². The van der Waals surface area contributed by atoms with Crippen molar-refractivity contribution in [2.45, 2.75) is 6.54 Å². The third-order valence-electron chi connectivity index (χ3n) is 1.82. The average molecular weight is 289 g/mol. The lowest BCUT2D eigenvalue weighted by molar-refractivity contribution is -0.125. The van der Waals surface area contributed by atoms with Crippen LogP contribution < -0.4 is 16.0 Å². The molecule has 0 heterocycles. The molecule has 0 saturated heterocycles. The fourth-order valence-corrected chi connectivity index (χ4v) is 1.54. The van der Waals surface area contributed by atoms with Crippen LogP contribution in [-0.2, 0) is 16.2 Å². The molecule has 0 atom stereocenters. The van der Waals surface area contributed by atoms with E-state index in [1.54, 1.807) is 7.11 Å². The van der Waals surface area contributed by atoms with Gasteiger partial charge in [0.25, 0.3) is 0 Å². The minimum absolute atomic E-state index is 0.156. The third-order valence-corrected chi connectivity index (χ3v) is 2.31. The zero-order valence-electron chi connectivity index (χ0n) is 8.83. The molecule has 1 rings (SSSR count). The van der Waals surface area contributed by atoms with Gasteiger partial charge in [-0.2, -0.15) is 5.48 Å². The lowest BCUT2D eigenvalue weighted by Crippen LogP contribution is -2.24. The molecule has 0 fully saturated rings. The molecule has 16 heavy (non-hydrogen) atoms. The quantitative estimate of drug-likeness (QED) is 0.604. The van der Waals surface area contributed by atoms with Gasteiger partial charge in [-0.25, -0.2) is 0 Å². The molecule has 3 N–H and O–H groups in total. The van der Waals surface area contributed by atoms with Gasteiger partial charge >= 0.3 is 0 Å². The highest BCUT2D eigenvalue weighted by Gasteiger charge is 2.03. The summed E-state index contributed by atoms with van der Waals surface area (Å²) in [6.45, 7) is 0.270. The molecule has 88 valence electrons. The zero-order valence-corrected chi connectivity index (χ0v) is 10.4. The predicted octanol–water partition coefficient (Wildman–Crippen LogP) is 0.964. The van der Waals surface area contributed by atoms with E-state index in [0.717, 1.165) is 15.8 Å². The van der Waals surface area contributed by atoms with E-state index in [4.69, 9.17) is 15.3 Å². The minimum Gasteiger partial charge on any atom is -0.496 e. The zero-order chi connectivity index (χ0) is 12.0. The summed E-state index contributed by atoms with van der Waals surface area (Å²) in [6.07, 6.45) is 0. The number of carbonyl (C=O) groups is 1. The van der Waals surface area contributed by atoms with Crippen molar-refractivity contribution in [3.63, 3.8) is 0 Å². The monoisotopic (exact) mass is 288 g/mol. The van der Waals surface area contributed by atoms with Gasteiger partial charge in [0, 0.05) is 16.6 Å². The summed E-state index contributed by atoms with van der Waals surface area (Å²) in [5.41, 5.74) is 8.47. The van der Waals surface area contributed by atoms with Gasteiger partial charge in [0.05, 0.1) is 7.11 Å². The Balaban J connectivity index is 2.51. The number of hydrogen-bond acceptors (Lipinski definition) is 4. The van der Waals surface area contributed by atoms with Crippen molar-refractivity contribution in [3.05, 3.63) is 28.2 Å². The molecule has 0 spiro atoms. The Morgan fingerprint density at radius 3 is 2.94 bits per heavy atom. The second-order valence-electron chi connectivity index (χ2n) is 3.03. The van der Waals surface area contributed by atoms with Crippen LogP contribution in [0.15, 0.2) is 22.7 Å². The molecule has 0 unspecified atom stereocenters. The molecule has 0 aliphatic carbocycles. The molecule has 6 heteroatoms. The Morgan fingerprint density at radius 1 is 1.56 bits per heavy atom. The summed E-state index contributed by atoms with van der Waals surface area (Å²) >= 11 is 3.36. The van der Waals surface area contributed by atoms with E-state index in [9.17, 15) is 4.79 Å². The number of halogens is 1. The van der Waals surface area contributed by atoms with E-state index < -0.39 is 5.91 Å². The normalized spacial score (nSPS) is 10.1. The van der Waals surface area contributed by atoms with Crippen LogP contribution in [-0.4, -0.2) is 19.6 Å². The highest BCUT2D eigenvalue weighted by atomic mass is 79.9. The summed E-state index contributed by atoms with van der Waals surface area (Å²) in [6, 6.07) is 5.63. The lowest BCUT2D eigenvalue weighted by atomic mass is 10.2. The average Bonchev–Trinajstić information content (AvgIpc) is 2.24. The number of carbonyl (C=O) groups excluding carboxylic acids is 1. The summed E-state index contributed by atoms with van der Waals surface area (Å²) in [7, 11) is 1.59. The van der Waals surface area contributed by atoms with E-state index in [-0.39, 0.29) is 6.61 Å². The van der Waals surface area contributed by atoms with Crippen LogP contribution in [0.5, 0.6) is 5.75 Å². The number of nitrogens with two attached hydrogens (primary N) is 1. The Bertz CT molecular complexity index is 371. The number of benzene rings is 1. The van der Waals surface area contributed by atoms with Gasteiger partial charge in [-0.3, -0.25) is 9.63 Å². The van der Waals surface area contributed by atoms with Crippen molar-refractivity contribution >= 4 is 21.8 Å². The van der Waals surface area contributed by atoms with Gasteiger partial charge in [-0.05, 0) is 18.2 Å². The van der Waals surface area contributed by atoms with Crippen LogP contribution >= 0.6 is 15.9 Å². The first-order valence-corrected chi connectivity index (χ1v) is 5.38. The SMILES string of the molecule is COc1ccc(Br)cc1CNOCC(N)=O. The van der Waals surface area contributed by atoms with Crippen LogP contribution in [0.1, 0.15) is 5.56 Å². The predicted molar refractivity (Wildman–Crippen MR) is 62.7 cm³/mol. The lowest BCUT2D eigenvalue weighted by Gasteiger charge is -2.09. The topological polar surface area (TPSA) is 73.6 Å². The molecule has 0 aliphatic rings. The molecule has 0 bridgehead atoms. The van der Waals surface area contributed by atoms with E-state index in [1.807, 2.05) is 18.2 Å². The fraction of sp³-hybridized carbons (Fsp3) is 0.300. The Hall–Kier alpha value is -1.11. The van der Waals surface area contributed by atoms with E-state index in [0.29, 0.717) is 6.54 Å². The maximum Gasteiger partial charge on any atom is 0.245 e. The number of nitrogens with one attached hydrogen (secondary N) is 1. The molecule has 0 aliphatic heterocycles. The minimum atomic E-state index is -0.520. The van der Waals surface area contributed by atoms with Gasteiger partial charge in [-0.1, -0.05) is 15.9 Å². The smallest absolute Gasteiger partial charge is 0.245 e. The molecule has 0 radical (unpaired) electrons. The number of hydroxylamine groups is 1.